The number of aromatic nitrogens is 3. The lowest BCUT2D eigenvalue weighted by Crippen LogP contribution is -2.35. The van der Waals surface area contributed by atoms with Crippen LogP contribution in [0.25, 0.3) is 5.69 Å². The number of fused-ring (bicyclic) bond motifs is 1. The zero-order valence-electron chi connectivity index (χ0n) is 8.93. The van der Waals surface area contributed by atoms with Gasteiger partial charge in [-0.2, -0.15) is 0 Å². The van der Waals surface area contributed by atoms with E-state index in [0.29, 0.717) is 17.2 Å². The van der Waals surface area contributed by atoms with E-state index in [2.05, 4.69) is 9.97 Å². The standard InChI is InChI=1S/C10H7N3O4S/c14-9-11-8(18)12-10(15)13(9)5-1-2-6-7(3-5)17-4-16-6/h1-3H,4H2,(H2,11,12,14,15,18). The lowest BCUT2D eigenvalue weighted by Gasteiger charge is -2.04. The molecule has 0 saturated carbocycles. The van der Waals surface area contributed by atoms with E-state index in [1.54, 1.807) is 18.2 Å². The Bertz CT molecular complexity index is 754. The van der Waals surface area contributed by atoms with E-state index >= 15 is 0 Å². The van der Waals surface area contributed by atoms with Gasteiger partial charge in [-0.1, -0.05) is 0 Å². The molecule has 0 radical (unpaired) electrons. The molecule has 0 saturated heterocycles. The molecule has 3 rings (SSSR count). The molecule has 1 aliphatic rings. The van der Waals surface area contributed by atoms with E-state index in [4.69, 9.17) is 21.7 Å². The maximum atomic E-state index is 11.7. The maximum Gasteiger partial charge on any atom is 0.336 e. The number of ether oxygens (including phenoxy) is 2. The Balaban J connectivity index is 2.25. The van der Waals surface area contributed by atoms with Crippen LogP contribution in [-0.2, 0) is 0 Å². The molecule has 1 aromatic carbocycles. The second-order valence-electron chi connectivity index (χ2n) is 3.56. The third kappa shape index (κ3) is 1.63. The molecule has 2 N–H and O–H groups in total. The van der Waals surface area contributed by atoms with Crippen molar-refractivity contribution in [1.29, 1.82) is 0 Å². The fourth-order valence-corrected chi connectivity index (χ4v) is 1.86. The van der Waals surface area contributed by atoms with Crippen LogP contribution in [0.4, 0.5) is 0 Å². The van der Waals surface area contributed by atoms with Crippen molar-refractivity contribution in [2.24, 2.45) is 0 Å². The third-order valence-electron chi connectivity index (χ3n) is 2.46. The SMILES string of the molecule is O=c1[nH]c(=S)[nH]c(=O)n1-c1ccc2c(c1)OCO2. The summed E-state index contributed by atoms with van der Waals surface area (Å²) in [6, 6.07) is 4.77. The number of hydrogen-bond acceptors (Lipinski definition) is 5. The van der Waals surface area contributed by atoms with Crippen LogP contribution in [0.3, 0.4) is 0 Å². The minimum Gasteiger partial charge on any atom is -0.454 e. The van der Waals surface area contributed by atoms with Crippen LogP contribution in [-0.4, -0.2) is 21.3 Å². The van der Waals surface area contributed by atoms with E-state index < -0.39 is 11.4 Å². The first kappa shape index (κ1) is 10.8. The zero-order chi connectivity index (χ0) is 12.7. The van der Waals surface area contributed by atoms with Crippen molar-refractivity contribution in [3.63, 3.8) is 0 Å². The summed E-state index contributed by atoms with van der Waals surface area (Å²) < 4.78 is 11.2. The highest BCUT2D eigenvalue weighted by Gasteiger charge is 2.15. The van der Waals surface area contributed by atoms with Crippen LogP contribution in [0.5, 0.6) is 11.5 Å². The molecule has 7 nitrogen and oxygen atoms in total. The van der Waals surface area contributed by atoms with Gasteiger partial charge >= 0.3 is 11.4 Å². The van der Waals surface area contributed by atoms with Gasteiger partial charge in [-0.3, -0.25) is 9.97 Å². The number of aromatic amines is 2. The van der Waals surface area contributed by atoms with Crippen molar-refractivity contribution in [3.8, 4) is 17.2 Å². The van der Waals surface area contributed by atoms with Gasteiger partial charge in [-0.15, -0.1) is 0 Å². The molecule has 2 heterocycles. The Hall–Kier alpha value is -2.35. The second-order valence-corrected chi connectivity index (χ2v) is 3.97. The van der Waals surface area contributed by atoms with Crippen molar-refractivity contribution in [2.75, 3.05) is 6.79 Å². The first-order valence-corrected chi connectivity index (χ1v) is 5.42. The molecule has 0 fully saturated rings. The van der Waals surface area contributed by atoms with Crippen LogP contribution in [0.15, 0.2) is 27.8 Å². The van der Waals surface area contributed by atoms with Crippen LogP contribution in [0.2, 0.25) is 0 Å². The molecule has 0 amide bonds. The predicted molar refractivity (Wildman–Crippen MR) is 64.0 cm³/mol. The van der Waals surface area contributed by atoms with Crippen molar-refractivity contribution in [3.05, 3.63) is 43.9 Å². The van der Waals surface area contributed by atoms with Crippen molar-refractivity contribution >= 4 is 12.2 Å². The summed E-state index contributed by atoms with van der Waals surface area (Å²) in [5.74, 6) is 1.06. The number of nitrogens with one attached hydrogen (secondary N) is 2. The molecule has 1 aromatic heterocycles. The molecule has 0 aliphatic carbocycles. The van der Waals surface area contributed by atoms with Crippen LogP contribution in [0.1, 0.15) is 0 Å². The number of H-pyrrole nitrogens is 2. The minimum atomic E-state index is -0.609. The smallest absolute Gasteiger partial charge is 0.336 e. The fourth-order valence-electron chi connectivity index (χ4n) is 1.69. The zero-order valence-corrected chi connectivity index (χ0v) is 9.74. The molecule has 18 heavy (non-hydrogen) atoms. The van der Waals surface area contributed by atoms with Crippen molar-refractivity contribution < 1.29 is 9.47 Å². The fraction of sp³-hybridized carbons (Fsp3) is 0.100. The first-order valence-electron chi connectivity index (χ1n) is 5.01. The van der Waals surface area contributed by atoms with Gasteiger partial charge in [-0.25, -0.2) is 14.2 Å². The number of nitrogens with zero attached hydrogens (tertiary/aromatic N) is 1. The van der Waals surface area contributed by atoms with Gasteiger partial charge in [0.25, 0.3) is 0 Å². The third-order valence-corrected chi connectivity index (χ3v) is 2.67. The molecular weight excluding hydrogens is 258 g/mol. The van der Waals surface area contributed by atoms with E-state index in [0.717, 1.165) is 4.57 Å². The molecule has 2 aromatic rings. The van der Waals surface area contributed by atoms with Gasteiger partial charge in [0.1, 0.15) is 0 Å². The van der Waals surface area contributed by atoms with Crippen LogP contribution < -0.4 is 20.9 Å². The number of rotatable bonds is 1. The number of hydrogen-bond donors (Lipinski definition) is 2. The average molecular weight is 265 g/mol. The van der Waals surface area contributed by atoms with Gasteiger partial charge < -0.3 is 9.47 Å². The molecule has 1 aliphatic heterocycles. The van der Waals surface area contributed by atoms with E-state index in [-0.39, 0.29) is 11.6 Å². The molecule has 0 spiro atoms. The summed E-state index contributed by atoms with van der Waals surface area (Å²) in [4.78, 5) is 28.1. The highest BCUT2D eigenvalue weighted by atomic mass is 32.1. The molecule has 0 atom stereocenters. The Morgan fingerprint density at radius 1 is 1.11 bits per heavy atom. The van der Waals surface area contributed by atoms with Gasteiger partial charge in [0.2, 0.25) is 6.79 Å². The maximum absolute atomic E-state index is 11.7. The highest BCUT2D eigenvalue weighted by Crippen LogP contribution is 2.32. The topological polar surface area (TPSA) is 89.1 Å². The minimum absolute atomic E-state index is 0.0120. The molecule has 0 bridgehead atoms. The summed E-state index contributed by atoms with van der Waals surface area (Å²) in [7, 11) is 0. The summed E-state index contributed by atoms with van der Waals surface area (Å²) >= 11 is 4.71. The van der Waals surface area contributed by atoms with Crippen LogP contribution in [0, 0.1) is 4.77 Å². The largest absolute Gasteiger partial charge is 0.454 e. The summed E-state index contributed by atoms with van der Waals surface area (Å²) in [6.07, 6.45) is 0. The molecule has 8 heteroatoms. The van der Waals surface area contributed by atoms with E-state index in [9.17, 15) is 9.59 Å². The van der Waals surface area contributed by atoms with Gasteiger partial charge in [0.05, 0.1) is 5.69 Å². The molecule has 92 valence electrons. The Labute approximate surface area is 105 Å². The van der Waals surface area contributed by atoms with Crippen molar-refractivity contribution in [1.82, 2.24) is 14.5 Å². The van der Waals surface area contributed by atoms with Gasteiger partial charge in [0, 0.05) is 6.07 Å². The highest BCUT2D eigenvalue weighted by molar-refractivity contribution is 7.71. The Morgan fingerprint density at radius 3 is 2.50 bits per heavy atom. The van der Waals surface area contributed by atoms with Gasteiger partial charge in [-0.05, 0) is 24.4 Å². The quantitative estimate of drug-likeness (QED) is 0.724. The summed E-state index contributed by atoms with van der Waals surface area (Å²) in [5, 5.41) is 0. The Kier molecular flexibility index (Phi) is 2.30. The first-order chi connectivity index (χ1) is 8.65. The molecular formula is C10H7N3O4S. The second kappa shape index (κ2) is 3.84. The lowest BCUT2D eigenvalue weighted by molar-refractivity contribution is 0.174. The predicted octanol–water partition coefficient (Wildman–Crippen LogP) is 0.312. The van der Waals surface area contributed by atoms with E-state index in [1.165, 1.54) is 0 Å². The molecule has 0 unspecified atom stereocenters. The summed E-state index contributed by atoms with van der Waals surface area (Å²) in [6.45, 7) is 0.126. The number of benzene rings is 1. The van der Waals surface area contributed by atoms with Crippen molar-refractivity contribution in [2.45, 2.75) is 0 Å². The Morgan fingerprint density at radius 2 is 1.78 bits per heavy atom. The lowest BCUT2D eigenvalue weighted by atomic mass is 10.3. The van der Waals surface area contributed by atoms with Crippen LogP contribution >= 0.6 is 12.2 Å². The van der Waals surface area contributed by atoms with Gasteiger partial charge in [0.15, 0.2) is 16.3 Å². The average Bonchev–Trinajstić information content (AvgIpc) is 2.74. The monoisotopic (exact) mass is 265 g/mol. The van der Waals surface area contributed by atoms with E-state index in [1.807, 2.05) is 0 Å². The summed E-state index contributed by atoms with van der Waals surface area (Å²) in [5.41, 5.74) is -0.845. The normalized spacial score (nSPS) is 12.7.